The SMILES string of the molecule is CCC(C)N(CC)S(=O)(=O)c1ccc(N)c(OC)c1. The summed E-state index contributed by atoms with van der Waals surface area (Å²) in [5.41, 5.74) is 6.13. The van der Waals surface area contributed by atoms with Crippen LogP contribution in [0.25, 0.3) is 0 Å². The highest BCUT2D eigenvalue weighted by molar-refractivity contribution is 7.89. The number of sulfonamides is 1. The summed E-state index contributed by atoms with van der Waals surface area (Å²) in [5.74, 6) is 0.376. The number of methoxy groups -OCH3 is 1. The molecule has 1 aromatic carbocycles. The monoisotopic (exact) mass is 286 g/mol. The Hall–Kier alpha value is -1.27. The Morgan fingerprint density at radius 3 is 2.47 bits per heavy atom. The van der Waals surface area contributed by atoms with E-state index in [2.05, 4.69) is 0 Å². The number of ether oxygens (including phenoxy) is 1. The second kappa shape index (κ2) is 6.25. The minimum atomic E-state index is -3.51. The molecule has 1 unspecified atom stereocenters. The van der Waals surface area contributed by atoms with Gasteiger partial charge in [-0.05, 0) is 25.5 Å². The molecule has 0 fully saturated rings. The normalized spacial score (nSPS) is 13.5. The van der Waals surface area contributed by atoms with Crippen molar-refractivity contribution in [3.05, 3.63) is 18.2 Å². The minimum absolute atomic E-state index is 0.0430. The van der Waals surface area contributed by atoms with E-state index in [4.69, 9.17) is 10.5 Å². The predicted octanol–water partition coefficient (Wildman–Crippen LogP) is 2.09. The molecule has 108 valence electrons. The zero-order valence-corrected chi connectivity index (χ0v) is 12.7. The van der Waals surface area contributed by atoms with E-state index < -0.39 is 10.0 Å². The summed E-state index contributed by atoms with van der Waals surface area (Å²) >= 11 is 0. The summed E-state index contributed by atoms with van der Waals surface area (Å²) in [6.45, 7) is 6.13. The van der Waals surface area contributed by atoms with E-state index in [9.17, 15) is 8.42 Å². The third kappa shape index (κ3) is 3.19. The van der Waals surface area contributed by atoms with Crippen LogP contribution in [0.5, 0.6) is 5.75 Å². The topological polar surface area (TPSA) is 72.6 Å². The van der Waals surface area contributed by atoms with Crippen molar-refractivity contribution >= 4 is 15.7 Å². The fraction of sp³-hybridized carbons (Fsp3) is 0.538. The summed E-state index contributed by atoms with van der Waals surface area (Å²) in [5, 5.41) is 0. The highest BCUT2D eigenvalue weighted by atomic mass is 32.2. The number of rotatable bonds is 6. The van der Waals surface area contributed by atoms with Gasteiger partial charge in [0.15, 0.2) is 0 Å². The molecule has 0 bridgehead atoms. The van der Waals surface area contributed by atoms with Crippen LogP contribution >= 0.6 is 0 Å². The molecule has 0 saturated heterocycles. The molecule has 0 radical (unpaired) electrons. The van der Waals surface area contributed by atoms with E-state index in [1.54, 1.807) is 6.07 Å². The zero-order chi connectivity index (χ0) is 14.6. The number of benzene rings is 1. The van der Waals surface area contributed by atoms with Crippen LogP contribution in [0, 0.1) is 0 Å². The lowest BCUT2D eigenvalue weighted by Gasteiger charge is -2.26. The van der Waals surface area contributed by atoms with Crippen molar-refractivity contribution in [2.75, 3.05) is 19.4 Å². The molecule has 0 spiro atoms. The van der Waals surface area contributed by atoms with Crippen molar-refractivity contribution in [3.8, 4) is 5.75 Å². The van der Waals surface area contributed by atoms with Crippen molar-refractivity contribution < 1.29 is 13.2 Å². The first kappa shape index (κ1) is 15.8. The first-order chi connectivity index (χ1) is 8.88. The number of nitrogen functional groups attached to an aromatic ring is 1. The van der Waals surface area contributed by atoms with Crippen LogP contribution < -0.4 is 10.5 Å². The molecule has 6 heteroatoms. The fourth-order valence-corrected chi connectivity index (χ4v) is 3.64. The van der Waals surface area contributed by atoms with E-state index in [1.165, 1.54) is 23.5 Å². The second-order valence-electron chi connectivity index (χ2n) is 4.37. The van der Waals surface area contributed by atoms with Gasteiger partial charge in [0.2, 0.25) is 10.0 Å². The van der Waals surface area contributed by atoms with E-state index in [-0.39, 0.29) is 10.9 Å². The van der Waals surface area contributed by atoms with Crippen LogP contribution in [-0.2, 0) is 10.0 Å². The third-order valence-corrected chi connectivity index (χ3v) is 5.29. The Kier molecular flexibility index (Phi) is 5.20. The number of anilines is 1. The average molecular weight is 286 g/mol. The summed E-state index contributed by atoms with van der Waals surface area (Å²) in [4.78, 5) is 0.209. The molecule has 1 atom stereocenters. The predicted molar refractivity (Wildman–Crippen MR) is 76.7 cm³/mol. The van der Waals surface area contributed by atoms with Crippen molar-refractivity contribution in [1.82, 2.24) is 4.31 Å². The van der Waals surface area contributed by atoms with Crippen molar-refractivity contribution in [1.29, 1.82) is 0 Å². The Labute approximate surface area is 115 Å². The summed E-state index contributed by atoms with van der Waals surface area (Å²) in [6, 6.07) is 4.49. The van der Waals surface area contributed by atoms with Gasteiger partial charge < -0.3 is 10.5 Å². The van der Waals surface area contributed by atoms with Crippen LogP contribution in [-0.4, -0.2) is 32.4 Å². The van der Waals surface area contributed by atoms with Gasteiger partial charge in [0.05, 0.1) is 17.7 Å². The maximum absolute atomic E-state index is 12.6. The quantitative estimate of drug-likeness (QED) is 0.813. The van der Waals surface area contributed by atoms with Gasteiger partial charge in [-0.25, -0.2) is 8.42 Å². The second-order valence-corrected chi connectivity index (χ2v) is 6.26. The summed E-state index contributed by atoms with van der Waals surface area (Å²) < 4.78 is 31.7. The number of hydrogen-bond donors (Lipinski definition) is 1. The summed E-state index contributed by atoms with van der Waals surface area (Å²) in [7, 11) is -2.05. The molecule has 0 heterocycles. The molecule has 0 aliphatic heterocycles. The summed E-state index contributed by atoms with van der Waals surface area (Å²) in [6.07, 6.45) is 0.763. The van der Waals surface area contributed by atoms with Crippen LogP contribution in [0.15, 0.2) is 23.1 Å². The maximum Gasteiger partial charge on any atom is 0.243 e. The van der Waals surface area contributed by atoms with Gasteiger partial charge in [0, 0.05) is 18.7 Å². The van der Waals surface area contributed by atoms with Gasteiger partial charge >= 0.3 is 0 Å². The Balaban J connectivity index is 3.26. The molecule has 19 heavy (non-hydrogen) atoms. The molecular weight excluding hydrogens is 264 g/mol. The Bertz CT molecular complexity index is 529. The molecule has 0 aliphatic carbocycles. The molecule has 0 aromatic heterocycles. The van der Waals surface area contributed by atoms with Crippen LogP contribution in [0.1, 0.15) is 27.2 Å². The van der Waals surface area contributed by atoms with E-state index in [0.717, 1.165) is 6.42 Å². The molecule has 0 amide bonds. The minimum Gasteiger partial charge on any atom is -0.495 e. The van der Waals surface area contributed by atoms with Gasteiger partial charge in [-0.1, -0.05) is 13.8 Å². The third-order valence-electron chi connectivity index (χ3n) is 3.21. The standard InChI is InChI=1S/C13H22N2O3S/c1-5-10(3)15(6-2)19(16,17)11-7-8-12(14)13(9-11)18-4/h7-10H,5-6,14H2,1-4H3. The first-order valence-electron chi connectivity index (χ1n) is 6.33. The van der Waals surface area contributed by atoms with Crippen LogP contribution in [0.4, 0.5) is 5.69 Å². The first-order valence-corrected chi connectivity index (χ1v) is 7.77. The van der Waals surface area contributed by atoms with E-state index >= 15 is 0 Å². The van der Waals surface area contributed by atoms with Crippen molar-refractivity contribution in [2.24, 2.45) is 0 Å². The average Bonchev–Trinajstić information content (AvgIpc) is 2.39. The van der Waals surface area contributed by atoms with E-state index in [0.29, 0.717) is 18.0 Å². The number of hydrogen-bond acceptors (Lipinski definition) is 4. The largest absolute Gasteiger partial charge is 0.495 e. The lowest BCUT2D eigenvalue weighted by molar-refractivity contribution is 0.342. The zero-order valence-electron chi connectivity index (χ0n) is 11.9. The maximum atomic E-state index is 12.6. The molecule has 5 nitrogen and oxygen atoms in total. The highest BCUT2D eigenvalue weighted by Crippen LogP contribution is 2.27. The molecular formula is C13H22N2O3S. The number of nitrogens with two attached hydrogens (primary N) is 1. The molecule has 1 rings (SSSR count). The van der Waals surface area contributed by atoms with Gasteiger partial charge in [0.1, 0.15) is 5.75 Å². The molecule has 2 N–H and O–H groups in total. The van der Waals surface area contributed by atoms with Crippen molar-refractivity contribution in [3.63, 3.8) is 0 Å². The Morgan fingerprint density at radius 1 is 1.37 bits per heavy atom. The molecule has 1 aromatic rings. The highest BCUT2D eigenvalue weighted by Gasteiger charge is 2.27. The number of nitrogens with zero attached hydrogens (tertiary/aromatic N) is 1. The van der Waals surface area contributed by atoms with Gasteiger partial charge in [-0.2, -0.15) is 4.31 Å². The van der Waals surface area contributed by atoms with Gasteiger partial charge in [0.25, 0.3) is 0 Å². The van der Waals surface area contributed by atoms with Gasteiger partial charge in [-0.15, -0.1) is 0 Å². The van der Waals surface area contributed by atoms with Gasteiger partial charge in [-0.3, -0.25) is 0 Å². The molecule has 0 aliphatic rings. The van der Waals surface area contributed by atoms with Crippen LogP contribution in [0.2, 0.25) is 0 Å². The lowest BCUT2D eigenvalue weighted by Crippen LogP contribution is -2.38. The van der Waals surface area contributed by atoms with Crippen molar-refractivity contribution in [2.45, 2.75) is 38.1 Å². The lowest BCUT2D eigenvalue weighted by atomic mass is 10.3. The fourth-order valence-electron chi connectivity index (χ4n) is 1.91. The molecule has 0 saturated carbocycles. The van der Waals surface area contributed by atoms with E-state index in [1.807, 2.05) is 20.8 Å². The smallest absolute Gasteiger partial charge is 0.243 e. The van der Waals surface area contributed by atoms with Crippen LogP contribution in [0.3, 0.4) is 0 Å². The Morgan fingerprint density at radius 2 is 2.00 bits per heavy atom.